The summed E-state index contributed by atoms with van der Waals surface area (Å²) in [5, 5.41) is 0. The van der Waals surface area contributed by atoms with Crippen molar-refractivity contribution in [2.75, 3.05) is 0 Å². The second-order valence-electron chi connectivity index (χ2n) is 8.20. The van der Waals surface area contributed by atoms with Gasteiger partial charge in [0.1, 0.15) is 11.5 Å². The van der Waals surface area contributed by atoms with Crippen LogP contribution < -0.4 is 9.05 Å². The predicted molar refractivity (Wildman–Crippen MR) is 101 cm³/mol. The van der Waals surface area contributed by atoms with Gasteiger partial charge in [-0.1, -0.05) is 65.8 Å². The Kier molecular flexibility index (Phi) is 7.27. The molecule has 0 aliphatic rings. The van der Waals surface area contributed by atoms with Crippen LogP contribution in [0.2, 0.25) is 0 Å². The summed E-state index contributed by atoms with van der Waals surface area (Å²) in [6, 6.07) is 14.2. The molecule has 0 aliphatic carbocycles. The smallest absolute Gasteiger partial charge is 0.395 e. The van der Waals surface area contributed by atoms with E-state index in [1.807, 2.05) is 24.3 Å². The quantitative estimate of drug-likeness (QED) is 0.492. The van der Waals surface area contributed by atoms with E-state index in [1.165, 1.54) is 0 Å². The third kappa shape index (κ3) is 6.54. The van der Waals surface area contributed by atoms with Crippen molar-refractivity contribution in [3.8, 4) is 11.5 Å². The monoisotopic (exact) mass is 426 g/mol. The Balaban J connectivity index is 0.00000338. The fourth-order valence-electron chi connectivity index (χ4n) is 2.32. The van der Waals surface area contributed by atoms with E-state index in [4.69, 9.17) is 9.05 Å². The van der Waals surface area contributed by atoms with Crippen molar-refractivity contribution in [3.05, 3.63) is 59.7 Å². The molecule has 0 saturated heterocycles. The van der Waals surface area contributed by atoms with E-state index in [1.54, 1.807) is 24.3 Å². The largest absolute Gasteiger partial charge is 0.584 e. The molecule has 6 heteroatoms. The van der Waals surface area contributed by atoms with Gasteiger partial charge in [0.2, 0.25) is 0 Å². The van der Waals surface area contributed by atoms with E-state index in [9.17, 15) is 9.46 Å². The Labute approximate surface area is 169 Å². The number of hydrogen-bond acceptors (Lipinski definition) is 3. The van der Waals surface area contributed by atoms with E-state index >= 15 is 0 Å². The van der Waals surface area contributed by atoms with Gasteiger partial charge in [-0.2, -0.15) is 0 Å². The summed E-state index contributed by atoms with van der Waals surface area (Å²) in [7, 11) is -4.25. The van der Waals surface area contributed by atoms with Gasteiger partial charge in [-0.15, -0.1) is 0 Å². The summed E-state index contributed by atoms with van der Waals surface area (Å²) in [6.07, 6.45) is 0. The first-order valence-electron chi connectivity index (χ1n) is 8.30. The SMILES string of the molecule is CC(C)(C)c1ccc(OP(=O)(O)Oc2ccc(C(C)(C)C)cc2)cc1.[Zn]. The molecule has 2 rings (SSSR count). The Morgan fingerprint density at radius 3 is 1.19 bits per heavy atom. The third-order valence-electron chi connectivity index (χ3n) is 3.88. The van der Waals surface area contributed by atoms with Crippen molar-refractivity contribution in [2.45, 2.75) is 52.4 Å². The fraction of sp³-hybridized carbons (Fsp3) is 0.400. The third-order valence-corrected chi connectivity index (χ3v) is 4.77. The van der Waals surface area contributed by atoms with Crippen molar-refractivity contribution < 1.29 is 38.0 Å². The van der Waals surface area contributed by atoms with Crippen LogP contribution >= 0.6 is 7.82 Å². The molecule has 0 unspecified atom stereocenters. The van der Waals surface area contributed by atoms with Crippen molar-refractivity contribution >= 4 is 7.82 Å². The van der Waals surface area contributed by atoms with Gasteiger partial charge in [0, 0.05) is 19.5 Å². The Bertz CT molecular complexity index is 693. The summed E-state index contributed by atoms with van der Waals surface area (Å²) in [5.41, 5.74) is 2.25. The van der Waals surface area contributed by atoms with Gasteiger partial charge in [-0.05, 0) is 46.2 Å². The van der Waals surface area contributed by atoms with Gasteiger partial charge in [0.25, 0.3) is 0 Å². The van der Waals surface area contributed by atoms with Gasteiger partial charge >= 0.3 is 7.82 Å². The van der Waals surface area contributed by atoms with E-state index in [2.05, 4.69) is 41.5 Å². The fourth-order valence-corrected chi connectivity index (χ4v) is 3.13. The van der Waals surface area contributed by atoms with Crippen molar-refractivity contribution in [3.63, 3.8) is 0 Å². The molecule has 0 atom stereocenters. The van der Waals surface area contributed by atoms with E-state index in [0.29, 0.717) is 11.5 Å². The van der Waals surface area contributed by atoms with Crippen LogP contribution in [-0.2, 0) is 34.9 Å². The minimum absolute atomic E-state index is 0. The van der Waals surface area contributed by atoms with Crippen LogP contribution in [0.25, 0.3) is 0 Å². The maximum absolute atomic E-state index is 12.2. The van der Waals surface area contributed by atoms with E-state index in [0.717, 1.165) is 11.1 Å². The van der Waals surface area contributed by atoms with Gasteiger partial charge in [0.15, 0.2) is 0 Å². The number of phosphoric ester groups is 1. The molecule has 0 fully saturated rings. The van der Waals surface area contributed by atoms with Crippen molar-refractivity contribution in [1.82, 2.24) is 0 Å². The second kappa shape index (κ2) is 8.25. The maximum Gasteiger partial charge on any atom is 0.584 e. The maximum atomic E-state index is 12.2. The molecule has 26 heavy (non-hydrogen) atoms. The molecule has 138 valence electrons. The normalized spacial score (nSPS) is 12.3. The van der Waals surface area contributed by atoms with Crippen LogP contribution in [0.3, 0.4) is 0 Å². The summed E-state index contributed by atoms with van der Waals surface area (Å²) < 4.78 is 22.5. The van der Waals surface area contributed by atoms with Crippen LogP contribution in [0.5, 0.6) is 11.5 Å². The van der Waals surface area contributed by atoms with E-state index in [-0.39, 0.29) is 30.3 Å². The second-order valence-corrected chi connectivity index (χ2v) is 9.50. The molecule has 0 heterocycles. The molecule has 0 saturated carbocycles. The molecular formula is C20H27O4PZn. The number of phosphoric acid groups is 1. The summed E-state index contributed by atoms with van der Waals surface area (Å²) in [6.45, 7) is 12.6. The molecule has 0 spiro atoms. The summed E-state index contributed by atoms with van der Waals surface area (Å²) >= 11 is 0. The molecule has 2 aromatic rings. The van der Waals surface area contributed by atoms with Gasteiger partial charge < -0.3 is 9.05 Å². The van der Waals surface area contributed by atoms with Crippen molar-refractivity contribution in [2.24, 2.45) is 0 Å². The molecule has 2 aromatic carbocycles. The Hall–Kier alpha value is -1.15. The minimum atomic E-state index is -4.25. The molecule has 0 aliphatic heterocycles. The van der Waals surface area contributed by atoms with Crippen LogP contribution in [-0.4, -0.2) is 4.89 Å². The number of hydrogen-bond donors (Lipinski definition) is 1. The van der Waals surface area contributed by atoms with Crippen LogP contribution in [0, 0.1) is 0 Å². The zero-order valence-corrected chi connectivity index (χ0v) is 20.3. The zero-order chi connectivity index (χ0) is 18.9. The average Bonchev–Trinajstić information content (AvgIpc) is 2.45. The summed E-state index contributed by atoms with van der Waals surface area (Å²) in [5.74, 6) is 0.593. The zero-order valence-electron chi connectivity index (χ0n) is 16.4. The molecule has 0 aromatic heterocycles. The standard InChI is InChI=1S/C20H27O4P.Zn/c1-19(2,3)15-7-11-17(12-8-15)23-25(21,22)24-18-13-9-16(10-14-18)20(4,5)6;/h7-14H,1-6H3,(H,21,22);. The Morgan fingerprint density at radius 1 is 0.692 bits per heavy atom. The van der Waals surface area contributed by atoms with E-state index < -0.39 is 7.82 Å². The first-order valence-corrected chi connectivity index (χ1v) is 9.79. The topological polar surface area (TPSA) is 55.8 Å². The van der Waals surface area contributed by atoms with Crippen LogP contribution in [0.4, 0.5) is 0 Å². The molecule has 1 N–H and O–H groups in total. The van der Waals surface area contributed by atoms with Gasteiger partial charge in [0.05, 0.1) is 0 Å². The first kappa shape index (κ1) is 22.9. The van der Waals surface area contributed by atoms with Crippen molar-refractivity contribution in [1.29, 1.82) is 0 Å². The number of rotatable bonds is 4. The molecule has 0 radical (unpaired) electrons. The minimum Gasteiger partial charge on any atom is -0.395 e. The van der Waals surface area contributed by atoms with Crippen LogP contribution in [0.15, 0.2) is 48.5 Å². The molecule has 0 bridgehead atoms. The predicted octanol–water partition coefficient (Wildman–Crippen LogP) is 5.84. The summed E-state index contributed by atoms with van der Waals surface area (Å²) in [4.78, 5) is 9.99. The molecular weight excluding hydrogens is 401 g/mol. The van der Waals surface area contributed by atoms with Gasteiger partial charge in [-0.3, -0.25) is 4.89 Å². The first-order chi connectivity index (χ1) is 11.4. The molecule has 4 nitrogen and oxygen atoms in total. The van der Waals surface area contributed by atoms with Gasteiger partial charge in [-0.25, -0.2) is 4.57 Å². The number of benzene rings is 2. The van der Waals surface area contributed by atoms with Crippen LogP contribution in [0.1, 0.15) is 52.7 Å². The Morgan fingerprint density at radius 2 is 0.962 bits per heavy atom. The molecule has 0 amide bonds. The average molecular weight is 428 g/mol.